The fourth-order valence-electron chi connectivity index (χ4n) is 2.85. The molecule has 26 heavy (non-hydrogen) atoms. The summed E-state index contributed by atoms with van der Waals surface area (Å²) < 4.78 is 5.26. The summed E-state index contributed by atoms with van der Waals surface area (Å²) in [7, 11) is 1.52. The third-order valence-corrected chi connectivity index (χ3v) is 4.10. The molecular formula is C19H19N3O4. The van der Waals surface area contributed by atoms with Crippen molar-refractivity contribution in [2.75, 3.05) is 12.4 Å². The lowest BCUT2D eigenvalue weighted by molar-refractivity contribution is -0.113. The van der Waals surface area contributed by atoms with E-state index in [-0.39, 0.29) is 11.7 Å². The highest BCUT2D eigenvalue weighted by atomic mass is 16.5. The molecule has 134 valence electrons. The first-order valence-electron chi connectivity index (χ1n) is 8.01. The van der Waals surface area contributed by atoms with Crippen LogP contribution in [0.3, 0.4) is 0 Å². The Kier molecular flexibility index (Phi) is 4.79. The SMILES string of the molecule is COc1ccccc1NC(=O)C1=C(C)NC(=O)N[C@H]1c1ccc(O)cc1. The van der Waals surface area contributed by atoms with Crippen LogP contribution in [0.25, 0.3) is 0 Å². The van der Waals surface area contributed by atoms with Gasteiger partial charge in [0.1, 0.15) is 11.5 Å². The van der Waals surface area contributed by atoms with Gasteiger partial charge in [-0.25, -0.2) is 4.79 Å². The zero-order chi connectivity index (χ0) is 18.7. The number of aromatic hydroxyl groups is 1. The van der Waals surface area contributed by atoms with Crippen molar-refractivity contribution in [3.05, 3.63) is 65.4 Å². The highest BCUT2D eigenvalue weighted by Gasteiger charge is 2.31. The first-order chi connectivity index (χ1) is 12.5. The Bertz CT molecular complexity index is 875. The second-order valence-electron chi connectivity index (χ2n) is 5.82. The molecule has 1 aliphatic rings. The molecule has 3 amide bonds. The number of hydrogen-bond acceptors (Lipinski definition) is 4. The van der Waals surface area contributed by atoms with Crippen LogP contribution < -0.4 is 20.7 Å². The fourth-order valence-corrected chi connectivity index (χ4v) is 2.85. The molecule has 0 radical (unpaired) electrons. The standard InChI is InChI=1S/C19H19N3O4/c1-11-16(18(24)21-14-5-3-4-6-15(14)26-2)17(22-19(25)20-11)12-7-9-13(23)10-8-12/h3-10,17,23H,1-2H3,(H,21,24)(H2,20,22,25)/t17-/m0/s1. The van der Waals surface area contributed by atoms with Crippen LogP contribution >= 0.6 is 0 Å². The van der Waals surface area contributed by atoms with E-state index < -0.39 is 12.1 Å². The smallest absolute Gasteiger partial charge is 0.319 e. The number of phenolic OH excluding ortho intramolecular Hbond substituents is 1. The second kappa shape index (κ2) is 7.18. The maximum absolute atomic E-state index is 12.9. The van der Waals surface area contributed by atoms with Crippen LogP contribution in [0.1, 0.15) is 18.5 Å². The molecule has 0 spiro atoms. The molecule has 3 rings (SSSR count). The number of anilines is 1. The summed E-state index contributed by atoms with van der Waals surface area (Å²) in [5.41, 5.74) is 2.05. The second-order valence-corrected chi connectivity index (χ2v) is 5.82. The molecule has 0 fully saturated rings. The average molecular weight is 353 g/mol. The molecule has 0 saturated carbocycles. The molecule has 0 aromatic heterocycles. The summed E-state index contributed by atoms with van der Waals surface area (Å²) >= 11 is 0. The molecule has 0 aliphatic carbocycles. The van der Waals surface area contributed by atoms with Crippen LogP contribution in [-0.2, 0) is 4.79 Å². The number of carbonyl (C=O) groups is 2. The van der Waals surface area contributed by atoms with E-state index in [1.165, 1.54) is 19.2 Å². The first kappa shape index (κ1) is 17.3. The van der Waals surface area contributed by atoms with Crippen LogP contribution in [0.4, 0.5) is 10.5 Å². The Morgan fingerprint density at radius 3 is 2.54 bits per heavy atom. The molecular weight excluding hydrogens is 334 g/mol. The summed E-state index contributed by atoms with van der Waals surface area (Å²) in [6.45, 7) is 1.67. The van der Waals surface area contributed by atoms with Gasteiger partial charge in [0.15, 0.2) is 0 Å². The fraction of sp³-hybridized carbons (Fsp3) is 0.158. The van der Waals surface area contributed by atoms with Gasteiger partial charge in [0.2, 0.25) is 0 Å². The molecule has 0 saturated heterocycles. The molecule has 1 atom stereocenters. The van der Waals surface area contributed by atoms with Crippen molar-refractivity contribution in [2.24, 2.45) is 0 Å². The summed E-state index contributed by atoms with van der Waals surface area (Å²) in [4.78, 5) is 24.8. The Balaban J connectivity index is 1.95. The number of nitrogens with one attached hydrogen (secondary N) is 3. The number of benzene rings is 2. The highest BCUT2D eigenvalue weighted by molar-refractivity contribution is 6.07. The van der Waals surface area contributed by atoms with Crippen LogP contribution in [0.5, 0.6) is 11.5 Å². The molecule has 7 heteroatoms. The molecule has 1 aliphatic heterocycles. The van der Waals surface area contributed by atoms with Crippen molar-refractivity contribution in [3.8, 4) is 11.5 Å². The third-order valence-electron chi connectivity index (χ3n) is 4.10. The van der Waals surface area contributed by atoms with E-state index in [1.807, 2.05) is 0 Å². The Labute approximate surface area is 150 Å². The number of carbonyl (C=O) groups excluding carboxylic acids is 2. The van der Waals surface area contributed by atoms with Gasteiger partial charge in [-0.05, 0) is 36.8 Å². The number of ether oxygens (including phenoxy) is 1. The molecule has 7 nitrogen and oxygen atoms in total. The molecule has 2 aromatic carbocycles. The largest absolute Gasteiger partial charge is 0.508 e. The minimum absolute atomic E-state index is 0.106. The number of rotatable bonds is 4. The predicted octanol–water partition coefficient (Wildman–Crippen LogP) is 2.67. The zero-order valence-electron chi connectivity index (χ0n) is 14.4. The summed E-state index contributed by atoms with van der Waals surface area (Å²) in [5.74, 6) is 0.278. The van der Waals surface area contributed by atoms with E-state index in [1.54, 1.807) is 43.3 Å². The van der Waals surface area contributed by atoms with Gasteiger partial charge < -0.3 is 25.8 Å². The zero-order valence-corrected chi connectivity index (χ0v) is 14.4. The van der Waals surface area contributed by atoms with E-state index in [4.69, 9.17) is 4.74 Å². The van der Waals surface area contributed by atoms with Crippen LogP contribution in [-0.4, -0.2) is 24.2 Å². The quantitative estimate of drug-likeness (QED) is 0.679. The van der Waals surface area contributed by atoms with E-state index in [9.17, 15) is 14.7 Å². The highest BCUT2D eigenvalue weighted by Crippen LogP contribution is 2.30. The molecule has 2 aromatic rings. The van der Waals surface area contributed by atoms with Crippen molar-refractivity contribution < 1.29 is 19.4 Å². The van der Waals surface area contributed by atoms with Crippen molar-refractivity contribution in [1.82, 2.24) is 10.6 Å². The number of allylic oxidation sites excluding steroid dienone is 1. The number of phenols is 1. The van der Waals surface area contributed by atoms with Gasteiger partial charge in [-0.15, -0.1) is 0 Å². The minimum atomic E-state index is -0.640. The monoisotopic (exact) mass is 353 g/mol. The number of hydrogen-bond donors (Lipinski definition) is 4. The van der Waals surface area contributed by atoms with Gasteiger partial charge >= 0.3 is 6.03 Å². The first-order valence-corrected chi connectivity index (χ1v) is 8.01. The number of amides is 3. The van der Waals surface area contributed by atoms with Gasteiger partial charge in [0, 0.05) is 5.70 Å². The van der Waals surface area contributed by atoms with Crippen molar-refractivity contribution >= 4 is 17.6 Å². The molecule has 0 unspecified atom stereocenters. The topological polar surface area (TPSA) is 99.7 Å². The Hall–Kier alpha value is -3.48. The Morgan fingerprint density at radius 1 is 1.15 bits per heavy atom. The maximum Gasteiger partial charge on any atom is 0.319 e. The lowest BCUT2D eigenvalue weighted by Crippen LogP contribution is -2.45. The van der Waals surface area contributed by atoms with E-state index in [2.05, 4.69) is 16.0 Å². The van der Waals surface area contributed by atoms with Crippen molar-refractivity contribution in [2.45, 2.75) is 13.0 Å². The van der Waals surface area contributed by atoms with E-state index in [0.717, 1.165) is 0 Å². The normalized spacial score (nSPS) is 16.5. The average Bonchev–Trinajstić information content (AvgIpc) is 2.62. The summed E-state index contributed by atoms with van der Waals surface area (Å²) in [6, 6.07) is 12.4. The predicted molar refractivity (Wildman–Crippen MR) is 96.8 cm³/mol. The maximum atomic E-state index is 12.9. The summed E-state index contributed by atoms with van der Waals surface area (Å²) in [5, 5.41) is 17.7. The van der Waals surface area contributed by atoms with Crippen LogP contribution in [0.15, 0.2) is 59.8 Å². The third kappa shape index (κ3) is 3.46. The minimum Gasteiger partial charge on any atom is -0.508 e. The van der Waals surface area contributed by atoms with Gasteiger partial charge in [0.05, 0.1) is 24.4 Å². The van der Waals surface area contributed by atoms with Gasteiger partial charge in [-0.3, -0.25) is 4.79 Å². The number of methoxy groups -OCH3 is 1. The number of urea groups is 1. The molecule has 4 N–H and O–H groups in total. The lowest BCUT2D eigenvalue weighted by Gasteiger charge is -2.28. The van der Waals surface area contributed by atoms with Gasteiger partial charge in [0.25, 0.3) is 5.91 Å². The number of para-hydroxylation sites is 2. The van der Waals surface area contributed by atoms with Crippen LogP contribution in [0.2, 0.25) is 0 Å². The van der Waals surface area contributed by atoms with Gasteiger partial charge in [-0.2, -0.15) is 0 Å². The van der Waals surface area contributed by atoms with E-state index in [0.29, 0.717) is 28.3 Å². The van der Waals surface area contributed by atoms with Crippen molar-refractivity contribution in [3.63, 3.8) is 0 Å². The summed E-state index contributed by atoms with van der Waals surface area (Å²) in [6.07, 6.45) is 0. The molecule has 1 heterocycles. The van der Waals surface area contributed by atoms with Gasteiger partial charge in [-0.1, -0.05) is 24.3 Å². The lowest BCUT2D eigenvalue weighted by atomic mass is 9.94. The molecule has 0 bridgehead atoms. The Morgan fingerprint density at radius 2 is 1.85 bits per heavy atom. The van der Waals surface area contributed by atoms with Crippen LogP contribution in [0, 0.1) is 0 Å². The van der Waals surface area contributed by atoms with E-state index >= 15 is 0 Å². The van der Waals surface area contributed by atoms with Crippen molar-refractivity contribution in [1.29, 1.82) is 0 Å².